The van der Waals surface area contributed by atoms with E-state index in [1.165, 1.54) is 11.1 Å². The van der Waals surface area contributed by atoms with Crippen molar-refractivity contribution in [1.82, 2.24) is 15.0 Å². The molecule has 2 N–H and O–H groups in total. The monoisotopic (exact) mass is 378 g/mol. The van der Waals surface area contributed by atoms with E-state index in [9.17, 15) is 10.3 Å². The number of aromatic nitrogens is 2. The first kappa shape index (κ1) is 18.3. The zero-order valence-corrected chi connectivity index (χ0v) is 15.8. The van der Waals surface area contributed by atoms with Crippen LogP contribution in [0.2, 0.25) is 0 Å². The van der Waals surface area contributed by atoms with E-state index in [1.54, 1.807) is 11.8 Å². The molecule has 1 fully saturated rings. The molecule has 2 atom stereocenters. The van der Waals surface area contributed by atoms with Gasteiger partial charge >= 0.3 is 0 Å². The molecule has 0 spiro atoms. The van der Waals surface area contributed by atoms with Gasteiger partial charge in [-0.2, -0.15) is 4.98 Å². The molecule has 1 aliphatic heterocycles. The molecule has 28 heavy (non-hydrogen) atoms. The molecular weight excluding hydrogens is 356 g/mol. The average molecular weight is 378 g/mol. The summed E-state index contributed by atoms with van der Waals surface area (Å²) in [7, 11) is 0. The van der Waals surface area contributed by atoms with Gasteiger partial charge in [0.1, 0.15) is 6.23 Å². The maximum atomic E-state index is 11.0. The Hall–Kier alpha value is -3.03. The summed E-state index contributed by atoms with van der Waals surface area (Å²) in [5, 5.41) is 27.4. The summed E-state index contributed by atoms with van der Waals surface area (Å²) in [4.78, 5) is 6.08. The number of oxime groups is 1. The lowest BCUT2D eigenvalue weighted by molar-refractivity contribution is -0.0135. The van der Waals surface area contributed by atoms with Gasteiger partial charge in [-0.25, -0.2) is 0 Å². The molecule has 4 rings (SSSR count). The van der Waals surface area contributed by atoms with E-state index >= 15 is 0 Å². The Morgan fingerprint density at radius 2 is 1.89 bits per heavy atom. The van der Waals surface area contributed by atoms with E-state index in [0.717, 1.165) is 11.1 Å². The molecule has 0 aliphatic carbocycles. The minimum Gasteiger partial charge on any atom is -0.411 e. The number of hydrogen-bond donors (Lipinski definition) is 2. The number of hydrogen-bond acceptors (Lipinski definition) is 7. The quantitative estimate of drug-likeness (QED) is 0.532. The van der Waals surface area contributed by atoms with Crippen molar-refractivity contribution in [2.24, 2.45) is 5.16 Å². The van der Waals surface area contributed by atoms with Crippen LogP contribution in [0.15, 0.2) is 58.2 Å². The second kappa shape index (κ2) is 7.53. The van der Waals surface area contributed by atoms with E-state index in [1.807, 2.05) is 36.4 Å². The molecule has 1 unspecified atom stereocenters. The molecule has 1 aliphatic rings. The van der Waals surface area contributed by atoms with Crippen molar-refractivity contribution < 1.29 is 14.8 Å². The predicted molar refractivity (Wildman–Crippen MR) is 104 cm³/mol. The molecular formula is C21H22N4O3. The topological polar surface area (TPSA) is 95.0 Å². The summed E-state index contributed by atoms with van der Waals surface area (Å²) in [5.74, 6) is 0.938. The van der Waals surface area contributed by atoms with E-state index < -0.39 is 6.23 Å². The summed E-state index contributed by atoms with van der Waals surface area (Å²) >= 11 is 0. The fourth-order valence-corrected chi connectivity index (χ4v) is 3.66. The molecule has 0 bridgehead atoms. The number of likely N-dealkylation sites (tertiary alicyclic amines) is 1. The van der Waals surface area contributed by atoms with Crippen LogP contribution in [-0.2, 0) is 0 Å². The number of aryl methyl sites for hydroxylation is 2. The van der Waals surface area contributed by atoms with Gasteiger partial charge in [0.05, 0.1) is 11.8 Å². The van der Waals surface area contributed by atoms with E-state index in [-0.39, 0.29) is 6.04 Å². The van der Waals surface area contributed by atoms with Gasteiger partial charge < -0.3 is 14.8 Å². The van der Waals surface area contributed by atoms with Gasteiger partial charge in [-0.15, -0.1) is 0 Å². The van der Waals surface area contributed by atoms with Gasteiger partial charge in [0.2, 0.25) is 5.89 Å². The molecule has 1 aromatic heterocycles. The smallest absolute Gasteiger partial charge is 0.244 e. The standard InChI is InChI=1S/C21H22N4O3/c1-13-5-3-4-6-18(13)15-7-9-16(10-8-15)21(26)25-12-17(23-27)11-19(25)20-22-14(2)24-28-20/h3-10,19,21,26-27H,11-12H2,1-2H3/b23-17-/t19-,21?/m0/s1. The SMILES string of the molecule is Cc1noc([C@@H]2C/C(=N/O)CN2C(O)c2ccc(-c3ccccc3C)cc2)n1. The zero-order chi connectivity index (χ0) is 19.7. The van der Waals surface area contributed by atoms with Crippen LogP contribution in [0.4, 0.5) is 0 Å². The van der Waals surface area contributed by atoms with Gasteiger partial charge in [-0.1, -0.05) is 58.8 Å². The molecule has 7 heteroatoms. The minimum atomic E-state index is -0.887. The Bertz CT molecular complexity index is 997. The Labute approximate surface area is 162 Å². The molecule has 0 saturated carbocycles. The maximum absolute atomic E-state index is 11.0. The highest BCUT2D eigenvalue weighted by Gasteiger charge is 2.38. The Morgan fingerprint density at radius 1 is 1.14 bits per heavy atom. The number of rotatable bonds is 4. The normalized spacial score (nSPS) is 20.0. The molecule has 3 aromatic rings. The van der Waals surface area contributed by atoms with Crippen molar-refractivity contribution >= 4 is 5.71 Å². The van der Waals surface area contributed by atoms with Crippen LogP contribution >= 0.6 is 0 Å². The molecule has 0 radical (unpaired) electrons. The Morgan fingerprint density at radius 3 is 2.54 bits per heavy atom. The van der Waals surface area contributed by atoms with Gasteiger partial charge in [0.25, 0.3) is 0 Å². The van der Waals surface area contributed by atoms with Crippen LogP contribution in [0.5, 0.6) is 0 Å². The van der Waals surface area contributed by atoms with Crippen LogP contribution in [-0.4, -0.2) is 37.6 Å². The molecule has 2 aromatic carbocycles. The summed E-state index contributed by atoms with van der Waals surface area (Å²) < 4.78 is 5.30. The third kappa shape index (κ3) is 3.42. The number of aliphatic hydroxyl groups is 1. The highest BCUT2D eigenvalue weighted by Crippen LogP contribution is 2.36. The summed E-state index contributed by atoms with van der Waals surface area (Å²) in [5.41, 5.74) is 4.77. The van der Waals surface area contributed by atoms with Crippen LogP contribution in [0, 0.1) is 13.8 Å². The van der Waals surface area contributed by atoms with Crippen LogP contribution in [0.3, 0.4) is 0 Å². The first-order chi connectivity index (χ1) is 13.6. The Balaban J connectivity index is 1.60. The average Bonchev–Trinajstić information content (AvgIpc) is 3.34. The second-order valence-electron chi connectivity index (χ2n) is 7.05. The first-order valence-electron chi connectivity index (χ1n) is 9.16. The summed E-state index contributed by atoms with van der Waals surface area (Å²) in [6.45, 7) is 4.15. The molecule has 144 valence electrons. The van der Waals surface area contributed by atoms with E-state index in [4.69, 9.17) is 4.52 Å². The number of nitrogens with zero attached hydrogens (tertiary/aromatic N) is 4. The highest BCUT2D eigenvalue weighted by molar-refractivity contribution is 5.88. The van der Waals surface area contributed by atoms with Crippen LogP contribution < -0.4 is 0 Å². The minimum absolute atomic E-state index is 0.323. The first-order valence-corrected chi connectivity index (χ1v) is 9.16. The van der Waals surface area contributed by atoms with Crippen LogP contribution in [0.25, 0.3) is 11.1 Å². The fraction of sp³-hybridized carbons (Fsp3) is 0.286. The maximum Gasteiger partial charge on any atom is 0.244 e. The third-order valence-corrected chi connectivity index (χ3v) is 5.14. The number of aliphatic hydroxyl groups excluding tert-OH is 1. The van der Waals surface area contributed by atoms with Crippen molar-refractivity contribution in [2.45, 2.75) is 32.5 Å². The second-order valence-corrected chi connectivity index (χ2v) is 7.05. The molecule has 7 nitrogen and oxygen atoms in total. The Kier molecular flexibility index (Phi) is 4.93. The van der Waals surface area contributed by atoms with Crippen molar-refractivity contribution in [3.8, 4) is 11.1 Å². The fourth-order valence-electron chi connectivity index (χ4n) is 3.66. The number of benzene rings is 2. The zero-order valence-electron chi connectivity index (χ0n) is 15.8. The van der Waals surface area contributed by atoms with Crippen molar-refractivity contribution in [3.63, 3.8) is 0 Å². The lowest BCUT2D eigenvalue weighted by Gasteiger charge is -2.27. The van der Waals surface area contributed by atoms with Crippen LogP contribution in [0.1, 0.15) is 41.5 Å². The van der Waals surface area contributed by atoms with Gasteiger partial charge in [-0.3, -0.25) is 4.90 Å². The van der Waals surface area contributed by atoms with Gasteiger partial charge in [-0.05, 0) is 36.1 Å². The third-order valence-electron chi connectivity index (χ3n) is 5.14. The lowest BCUT2D eigenvalue weighted by Crippen LogP contribution is -2.29. The molecule has 1 saturated heterocycles. The largest absolute Gasteiger partial charge is 0.411 e. The summed E-state index contributed by atoms with van der Waals surface area (Å²) in [6, 6.07) is 15.7. The van der Waals surface area contributed by atoms with Gasteiger partial charge in [0.15, 0.2) is 5.82 Å². The lowest BCUT2D eigenvalue weighted by atomic mass is 9.99. The van der Waals surface area contributed by atoms with E-state index in [0.29, 0.717) is 30.4 Å². The highest BCUT2D eigenvalue weighted by atomic mass is 16.5. The molecule has 0 amide bonds. The predicted octanol–water partition coefficient (Wildman–Crippen LogP) is 3.62. The van der Waals surface area contributed by atoms with Gasteiger partial charge in [0, 0.05) is 13.0 Å². The van der Waals surface area contributed by atoms with Crippen molar-refractivity contribution in [1.29, 1.82) is 0 Å². The van der Waals surface area contributed by atoms with Crippen molar-refractivity contribution in [2.75, 3.05) is 6.54 Å². The van der Waals surface area contributed by atoms with E-state index in [2.05, 4.69) is 34.4 Å². The molecule has 2 heterocycles. The van der Waals surface area contributed by atoms with Crippen molar-refractivity contribution in [3.05, 3.63) is 71.4 Å². The summed E-state index contributed by atoms with van der Waals surface area (Å²) in [6.07, 6.45) is -0.460.